The van der Waals surface area contributed by atoms with Gasteiger partial charge in [0.1, 0.15) is 11.5 Å². The highest BCUT2D eigenvalue weighted by atomic mass is 32.2. The predicted octanol–water partition coefficient (Wildman–Crippen LogP) is 3.28. The minimum absolute atomic E-state index is 0.0552. The lowest BCUT2D eigenvalue weighted by molar-refractivity contribution is 0.0661. The topological polar surface area (TPSA) is 70.7 Å². The summed E-state index contributed by atoms with van der Waals surface area (Å²) in [4.78, 5) is 11.5. The number of carboxylic acids is 1. The first-order valence-electron chi connectivity index (χ1n) is 5.31. The second-order valence-electron chi connectivity index (χ2n) is 3.75. The van der Waals surface area contributed by atoms with Crippen LogP contribution in [0, 0.1) is 6.92 Å². The van der Waals surface area contributed by atoms with Crippen molar-refractivity contribution in [3.63, 3.8) is 0 Å². The lowest BCUT2D eigenvalue weighted by Gasteiger charge is -2.02. The number of hydrogen-bond acceptors (Lipinski definition) is 4. The van der Waals surface area contributed by atoms with Gasteiger partial charge in [0.25, 0.3) is 0 Å². The van der Waals surface area contributed by atoms with E-state index in [1.54, 1.807) is 19.1 Å². The Kier molecular flexibility index (Phi) is 3.62. The highest BCUT2D eigenvalue weighted by Gasteiger charge is 2.13. The summed E-state index contributed by atoms with van der Waals surface area (Å²) in [5.41, 5.74) is 0.820. The number of carbonyl (C=O) groups is 1. The van der Waals surface area contributed by atoms with E-state index in [-0.39, 0.29) is 11.5 Å². The van der Waals surface area contributed by atoms with E-state index >= 15 is 0 Å². The fourth-order valence-corrected chi connectivity index (χ4v) is 2.49. The summed E-state index contributed by atoms with van der Waals surface area (Å²) in [6.45, 7) is 1.73. The lowest BCUT2D eigenvalue weighted by Crippen LogP contribution is -1.91. The van der Waals surface area contributed by atoms with Gasteiger partial charge in [-0.25, -0.2) is 4.79 Å². The van der Waals surface area contributed by atoms with Crippen molar-refractivity contribution in [3.8, 4) is 5.75 Å². The van der Waals surface area contributed by atoms with E-state index in [2.05, 4.69) is 0 Å². The molecule has 0 aliphatic rings. The van der Waals surface area contributed by atoms with Gasteiger partial charge in [-0.05, 0) is 25.1 Å². The fraction of sp³-hybridized carbons (Fsp3) is 0.154. The predicted molar refractivity (Wildman–Crippen MR) is 68.1 cm³/mol. The van der Waals surface area contributed by atoms with Crippen molar-refractivity contribution in [3.05, 3.63) is 47.4 Å². The number of thioether (sulfide) groups is 1. The van der Waals surface area contributed by atoms with E-state index in [1.807, 2.05) is 12.1 Å². The molecule has 0 saturated carbocycles. The Morgan fingerprint density at radius 1 is 1.39 bits per heavy atom. The van der Waals surface area contributed by atoms with Crippen LogP contribution >= 0.6 is 11.8 Å². The largest absolute Gasteiger partial charge is 0.507 e. The minimum Gasteiger partial charge on any atom is -0.507 e. The van der Waals surface area contributed by atoms with Crippen LogP contribution in [0.1, 0.15) is 21.9 Å². The number of phenolic OH excluding ortho intramolecular Hbond substituents is 1. The zero-order chi connectivity index (χ0) is 13.1. The molecule has 0 saturated heterocycles. The van der Waals surface area contributed by atoms with Crippen LogP contribution in [0.15, 0.2) is 39.6 Å². The summed E-state index contributed by atoms with van der Waals surface area (Å²) in [7, 11) is 0. The van der Waals surface area contributed by atoms with Crippen molar-refractivity contribution in [2.75, 3.05) is 0 Å². The van der Waals surface area contributed by atoms with Crippen LogP contribution in [-0.4, -0.2) is 16.2 Å². The van der Waals surface area contributed by atoms with E-state index in [0.29, 0.717) is 11.5 Å². The standard InChI is InChI=1S/C13H12O4S/c1-8-9(6-11(17-8)13(15)16)7-18-12-5-3-2-4-10(12)14/h2-6,14H,7H2,1H3,(H,15,16). The highest BCUT2D eigenvalue weighted by Crippen LogP contribution is 2.31. The maximum atomic E-state index is 10.8. The Balaban J connectivity index is 2.11. The molecule has 0 amide bonds. The molecule has 5 heteroatoms. The number of aromatic carboxylic acids is 1. The second kappa shape index (κ2) is 5.18. The molecular weight excluding hydrogens is 252 g/mol. The van der Waals surface area contributed by atoms with Gasteiger partial charge in [0.05, 0.1) is 0 Å². The quantitative estimate of drug-likeness (QED) is 0.829. The Labute approximate surface area is 108 Å². The maximum Gasteiger partial charge on any atom is 0.371 e. The molecule has 2 rings (SSSR count). The van der Waals surface area contributed by atoms with Gasteiger partial charge in [-0.3, -0.25) is 0 Å². The van der Waals surface area contributed by atoms with Gasteiger partial charge in [-0.2, -0.15) is 0 Å². The smallest absolute Gasteiger partial charge is 0.371 e. The average Bonchev–Trinajstić information content (AvgIpc) is 2.70. The summed E-state index contributed by atoms with van der Waals surface area (Å²) in [6, 6.07) is 8.55. The zero-order valence-corrected chi connectivity index (χ0v) is 10.5. The molecule has 0 aliphatic carbocycles. The Morgan fingerprint density at radius 2 is 2.11 bits per heavy atom. The first-order valence-corrected chi connectivity index (χ1v) is 6.30. The van der Waals surface area contributed by atoms with E-state index in [1.165, 1.54) is 17.8 Å². The molecule has 18 heavy (non-hydrogen) atoms. The van der Waals surface area contributed by atoms with Gasteiger partial charge in [0.2, 0.25) is 5.76 Å². The van der Waals surface area contributed by atoms with Gasteiger partial charge >= 0.3 is 5.97 Å². The maximum absolute atomic E-state index is 10.8. The number of hydrogen-bond donors (Lipinski definition) is 2. The summed E-state index contributed by atoms with van der Waals surface area (Å²) in [6.07, 6.45) is 0. The number of aryl methyl sites for hydroxylation is 1. The molecule has 0 spiro atoms. The summed E-state index contributed by atoms with van der Waals surface area (Å²) >= 11 is 1.44. The van der Waals surface area contributed by atoms with Gasteiger partial charge < -0.3 is 14.6 Å². The normalized spacial score (nSPS) is 10.5. The van der Waals surface area contributed by atoms with Gasteiger partial charge in [-0.15, -0.1) is 11.8 Å². The van der Waals surface area contributed by atoms with Crippen LogP contribution in [0.5, 0.6) is 5.75 Å². The number of carboxylic acid groups (broad SMARTS) is 1. The third-order valence-corrected chi connectivity index (χ3v) is 3.59. The Morgan fingerprint density at radius 3 is 2.72 bits per heavy atom. The zero-order valence-electron chi connectivity index (χ0n) is 9.71. The van der Waals surface area contributed by atoms with Crippen molar-refractivity contribution >= 4 is 17.7 Å². The lowest BCUT2D eigenvalue weighted by atomic mass is 10.3. The van der Waals surface area contributed by atoms with Crippen LogP contribution in [-0.2, 0) is 5.75 Å². The van der Waals surface area contributed by atoms with Gasteiger partial charge in [0.15, 0.2) is 0 Å². The second-order valence-corrected chi connectivity index (χ2v) is 4.77. The first-order chi connectivity index (χ1) is 8.58. The molecule has 1 aromatic carbocycles. The average molecular weight is 264 g/mol. The number of rotatable bonds is 4. The van der Waals surface area contributed by atoms with Crippen molar-refractivity contribution < 1.29 is 19.4 Å². The van der Waals surface area contributed by atoms with Crippen LogP contribution in [0.4, 0.5) is 0 Å². The molecule has 0 unspecified atom stereocenters. The van der Waals surface area contributed by atoms with Crippen molar-refractivity contribution in [2.45, 2.75) is 17.6 Å². The number of aromatic hydroxyl groups is 1. The summed E-state index contributed by atoms with van der Waals surface area (Å²) in [5, 5.41) is 18.4. The van der Waals surface area contributed by atoms with E-state index in [9.17, 15) is 9.90 Å². The number of phenols is 1. The molecular formula is C13H12O4S. The molecule has 1 heterocycles. The van der Waals surface area contributed by atoms with E-state index in [0.717, 1.165) is 10.5 Å². The summed E-state index contributed by atoms with van der Waals surface area (Å²) < 4.78 is 5.12. The van der Waals surface area contributed by atoms with Crippen LogP contribution in [0.2, 0.25) is 0 Å². The molecule has 0 aliphatic heterocycles. The number of furan rings is 1. The Hall–Kier alpha value is -1.88. The molecule has 1 aromatic heterocycles. The first kappa shape index (κ1) is 12.6. The van der Waals surface area contributed by atoms with Gasteiger partial charge in [0, 0.05) is 16.2 Å². The number of para-hydroxylation sites is 1. The van der Waals surface area contributed by atoms with Crippen molar-refractivity contribution in [1.29, 1.82) is 0 Å². The molecule has 0 fully saturated rings. The van der Waals surface area contributed by atoms with Crippen molar-refractivity contribution in [1.82, 2.24) is 0 Å². The molecule has 94 valence electrons. The molecule has 2 aromatic rings. The van der Waals surface area contributed by atoms with E-state index in [4.69, 9.17) is 9.52 Å². The van der Waals surface area contributed by atoms with E-state index < -0.39 is 5.97 Å². The molecule has 4 nitrogen and oxygen atoms in total. The van der Waals surface area contributed by atoms with Crippen LogP contribution in [0.3, 0.4) is 0 Å². The number of benzene rings is 1. The molecule has 2 N–H and O–H groups in total. The monoisotopic (exact) mass is 264 g/mol. The molecule has 0 radical (unpaired) electrons. The van der Waals surface area contributed by atoms with Crippen LogP contribution in [0.25, 0.3) is 0 Å². The highest BCUT2D eigenvalue weighted by molar-refractivity contribution is 7.98. The summed E-state index contributed by atoms with van der Waals surface area (Å²) in [5.74, 6) is 0.245. The SMILES string of the molecule is Cc1oc(C(=O)O)cc1CSc1ccccc1O. The minimum atomic E-state index is -1.07. The third kappa shape index (κ3) is 2.68. The third-order valence-electron chi connectivity index (χ3n) is 2.48. The van der Waals surface area contributed by atoms with Crippen LogP contribution < -0.4 is 0 Å². The molecule has 0 atom stereocenters. The Bertz CT molecular complexity index is 574. The molecule has 0 bridgehead atoms. The van der Waals surface area contributed by atoms with Gasteiger partial charge in [-0.1, -0.05) is 12.1 Å². The fourth-order valence-electron chi connectivity index (χ4n) is 1.50. The van der Waals surface area contributed by atoms with Crippen molar-refractivity contribution in [2.24, 2.45) is 0 Å².